The number of piperidine rings is 1. The molecule has 4 rings (SSSR count). The molecule has 7 heteroatoms. The molecule has 1 saturated heterocycles. The highest BCUT2D eigenvalue weighted by atomic mass is 16.5. The average Bonchev–Trinajstić information content (AvgIpc) is 3.08. The first-order valence-electron chi connectivity index (χ1n) is 11.2. The fourth-order valence-electron chi connectivity index (χ4n) is 4.59. The highest BCUT2D eigenvalue weighted by molar-refractivity contribution is 6.45. The van der Waals surface area contributed by atoms with Gasteiger partial charge in [-0.3, -0.25) is 9.59 Å². The molecule has 1 unspecified atom stereocenters. The fraction of sp³-hybridized carbons (Fsp3) is 0.385. The van der Waals surface area contributed by atoms with Crippen LogP contribution in [0.25, 0.3) is 5.57 Å². The number of hydrogen-bond acceptors (Lipinski definition) is 6. The summed E-state index contributed by atoms with van der Waals surface area (Å²) in [7, 11) is 7.03. The van der Waals surface area contributed by atoms with Crippen LogP contribution in [0.3, 0.4) is 0 Å². The summed E-state index contributed by atoms with van der Waals surface area (Å²) in [5.41, 5.74) is 3.08. The Bertz CT molecular complexity index is 1090. The van der Waals surface area contributed by atoms with Crippen LogP contribution in [0.15, 0.2) is 48.2 Å². The molecule has 0 N–H and O–H groups in total. The quantitative estimate of drug-likeness (QED) is 0.626. The zero-order valence-electron chi connectivity index (χ0n) is 19.9. The van der Waals surface area contributed by atoms with Gasteiger partial charge < -0.3 is 19.3 Å². The molecule has 2 heterocycles. The number of anilines is 2. The van der Waals surface area contributed by atoms with Crippen LogP contribution in [-0.2, 0) is 9.59 Å². The van der Waals surface area contributed by atoms with Crippen molar-refractivity contribution in [2.45, 2.75) is 19.8 Å². The van der Waals surface area contributed by atoms with E-state index in [1.165, 1.54) is 4.90 Å². The van der Waals surface area contributed by atoms with Gasteiger partial charge in [0, 0.05) is 32.9 Å². The summed E-state index contributed by atoms with van der Waals surface area (Å²) in [6, 6.07) is 12.8. The molecule has 2 aromatic carbocycles. The molecule has 0 spiro atoms. The van der Waals surface area contributed by atoms with Crippen LogP contribution in [0.1, 0.15) is 25.3 Å². The second-order valence-electron chi connectivity index (χ2n) is 8.84. The molecular weight excluding hydrogens is 418 g/mol. The van der Waals surface area contributed by atoms with Gasteiger partial charge in [-0.1, -0.05) is 13.0 Å². The van der Waals surface area contributed by atoms with E-state index in [1.54, 1.807) is 26.4 Å². The van der Waals surface area contributed by atoms with E-state index in [-0.39, 0.29) is 11.8 Å². The van der Waals surface area contributed by atoms with Crippen molar-refractivity contribution in [1.82, 2.24) is 4.90 Å². The van der Waals surface area contributed by atoms with Crippen molar-refractivity contribution in [3.63, 3.8) is 0 Å². The Morgan fingerprint density at radius 3 is 2.24 bits per heavy atom. The molecule has 2 aliphatic heterocycles. The normalized spacial score (nSPS) is 18.8. The lowest BCUT2D eigenvalue weighted by atomic mass is 9.97. The Morgan fingerprint density at radius 2 is 1.64 bits per heavy atom. The number of imide groups is 1. The van der Waals surface area contributed by atoms with Crippen molar-refractivity contribution in [3.05, 3.63) is 53.7 Å². The molecule has 33 heavy (non-hydrogen) atoms. The third-order valence-electron chi connectivity index (χ3n) is 6.33. The van der Waals surface area contributed by atoms with Gasteiger partial charge in [-0.05, 0) is 60.7 Å². The van der Waals surface area contributed by atoms with E-state index in [0.29, 0.717) is 39.9 Å². The molecule has 1 atom stereocenters. The third-order valence-corrected chi connectivity index (χ3v) is 6.33. The summed E-state index contributed by atoms with van der Waals surface area (Å²) in [4.78, 5) is 32.9. The number of nitrogens with zero attached hydrogens (tertiary/aromatic N) is 3. The van der Waals surface area contributed by atoms with Gasteiger partial charge in [-0.25, -0.2) is 4.90 Å². The number of carbonyl (C=O) groups excluding carboxylic acids is 2. The first-order chi connectivity index (χ1) is 15.8. The highest BCUT2D eigenvalue weighted by Crippen LogP contribution is 2.39. The van der Waals surface area contributed by atoms with E-state index in [0.717, 1.165) is 31.6 Å². The van der Waals surface area contributed by atoms with Crippen molar-refractivity contribution in [2.24, 2.45) is 5.92 Å². The van der Waals surface area contributed by atoms with Crippen LogP contribution >= 0.6 is 0 Å². The van der Waals surface area contributed by atoms with Crippen LogP contribution < -0.4 is 19.3 Å². The van der Waals surface area contributed by atoms with Gasteiger partial charge >= 0.3 is 0 Å². The fourth-order valence-corrected chi connectivity index (χ4v) is 4.59. The van der Waals surface area contributed by atoms with Crippen molar-refractivity contribution in [3.8, 4) is 11.5 Å². The van der Waals surface area contributed by atoms with Gasteiger partial charge in [0.25, 0.3) is 11.8 Å². The molecule has 1 fully saturated rings. The molecule has 0 aliphatic carbocycles. The molecule has 0 radical (unpaired) electrons. The monoisotopic (exact) mass is 449 g/mol. The number of ether oxygens (including phenoxy) is 2. The molecule has 2 aliphatic rings. The Labute approximate surface area is 195 Å². The van der Waals surface area contributed by atoms with E-state index < -0.39 is 0 Å². The lowest BCUT2D eigenvalue weighted by molar-refractivity contribution is -0.120. The number of rotatable bonds is 6. The molecule has 0 aromatic heterocycles. The Morgan fingerprint density at radius 1 is 0.939 bits per heavy atom. The highest BCUT2D eigenvalue weighted by Gasteiger charge is 2.43. The minimum absolute atomic E-state index is 0.281. The van der Waals surface area contributed by atoms with Gasteiger partial charge in [0.2, 0.25) is 0 Å². The molecule has 2 aromatic rings. The van der Waals surface area contributed by atoms with Crippen molar-refractivity contribution in [1.29, 1.82) is 0 Å². The maximum atomic E-state index is 13.8. The number of benzene rings is 2. The van der Waals surface area contributed by atoms with Gasteiger partial charge in [-0.15, -0.1) is 0 Å². The van der Waals surface area contributed by atoms with E-state index in [1.807, 2.05) is 49.3 Å². The minimum atomic E-state index is -0.321. The van der Waals surface area contributed by atoms with Crippen molar-refractivity contribution in [2.75, 3.05) is 51.2 Å². The SMILES string of the molecule is COc1ccc(C2=C(N3CCCC(C)C3)C(=O)N(c3ccc(N(C)C)cc3)C2=O)cc1OC. The van der Waals surface area contributed by atoms with Crippen LogP contribution in [0, 0.1) is 5.92 Å². The molecule has 0 saturated carbocycles. The second kappa shape index (κ2) is 9.17. The maximum Gasteiger partial charge on any atom is 0.282 e. The summed E-state index contributed by atoms with van der Waals surface area (Å²) in [5, 5.41) is 0. The van der Waals surface area contributed by atoms with E-state index in [9.17, 15) is 9.59 Å². The van der Waals surface area contributed by atoms with Crippen LogP contribution in [0.4, 0.5) is 11.4 Å². The molecule has 174 valence electrons. The zero-order chi connectivity index (χ0) is 23.7. The standard InChI is InChI=1S/C26H31N3O4/c1-17-7-6-14-28(16-17)24-23(18-8-13-21(32-4)22(15-18)33-5)25(30)29(26(24)31)20-11-9-19(10-12-20)27(2)3/h8-13,15,17H,6-7,14,16H2,1-5H3. The van der Waals surface area contributed by atoms with Gasteiger partial charge in [-0.2, -0.15) is 0 Å². The van der Waals surface area contributed by atoms with Gasteiger partial charge in [0.15, 0.2) is 11.5 Å². The molecule has 7 nitrogen and oxygen atoms in total. The molecule has 0 bridgehead atoms. The first-order valence-corrected chi connectivity index (χ1v) is 11.2. The van der Waals surface area contributed by atoms with Crippen LogP contribution in [-0.4, -0.2) is 58.1 Å². The topological polar surface area (TPSA) is 62.3 Å². The Hall–Kier alpha value is -3.48. The number of methoxy groups -OCH3 is 2. The third kappa shape index (κ3) is 4.15. The largest absolute Gasteiger partial charge is 0.493 e. The smallest absolute Gasteiger partial charge is 0.282 e. The minimum Gasteiger partial charge on any atom is -0.493 e. The average molecular weight is 450 g/mol. The molecular formula is C26H31N3O4. The van der Waals surface area contributed by atoms with E-state index in [4.69, 9.17) is 9.47 Å². The summed E-state index contributed by atoms with van der Waals surface area (Å²) in [5.74, 6) is 0.939. The van der Waals surface area contributed by atoms with Gasteiger partial charge in [0.1, 0.15) is 5.70 Å². The van der Waals surface area contributed by atoms with Crippen molar-refractivity contribution >= 4 is 28.8 Å². The summed E-state index contributed by atoms with van der Waals surface area (Å²) < 4.78 is 10.8. The van der Waals surface area contributed by atoms with Crippen LogP contribution in [0.2, 0.25) is 0 Å². The number of carbonyl (C=O) groups is 2. The summed E-state index contributed by atoms with van der Waals surface area (Å²) >= 11 is 0. The summed E-state index contributed by atoms with van der Waals surface area (Å²) in [6.45, 7) is 3.68. The Balaban J connectivity index is 1.81. The summed E-state index contributed by atoms with van der Waals surface area (Å²) in [6.07, 6.45) is 2.11. The predicted octanol–water partition coefficient (Wildman–Crippen LogP) is 3.79. The van der Waals surface area contributed by atoms with Gasteiger partial charge in [0.05, 0.1) is 25.5 Å². The molecule has 2 amide bonds. The Kier molecular flexibility index (Phi) is 6.31. The number of likely N-dealkylation sites (tertiary alicyclic amines) is 1. The predicted molar refractivity (Wildman–Crippen MR) is 130 cm³/mol. The second-order valence-corrected chi connectivity index (χ2v) is 8.84. The maximum absolute atomic E-state index is 13.8. The van der Waals surface area contributed by atoms with Crippen LogP contribution in [0.5, 0.6) is 11.5 Å². The van der Waals surface area contributed by atoms with E-state index >= 15 is 0 Å². The lowest BCUT2D eigenvalue weighted by Gasteiger charge is -2.33. The van der Waals surface area contributed by atoms with E-state index in [2.05, 4.69) is 11.8 Å². The number of amides is 2. The van der Waals surface area contributed by atoms with Crippen molar-refractivity contribution < 1.29 is 19.1 Å². The zero-order valence-corrected chi connectivity index (χ0v) is 19.9. The first kappa shape index (κ1) is 22.7. The lowest BCUT2D eigenvalue weighted by Crippen LogP contribution is -2.39. The number of hydrogen-bond donors (Lipinski definition) is 0.